The highest BCUT2D eigenvalue weighted by Gasteiger charge is 2.11. The summed E-state index contributed by atoms with van der Waals surface area (Å²) in [5.41, 5.74) is 0.793. The summed E-state index contributed by atoms with van der Waals surface area (Å²) in [6.07, 6.45) is 0. The van der Waals surface area contributed by atoms with Gasteiger partial charge in [-0.05, 0) is 18.2 Å². The number of rotatable bonds is 0. The first-order valence-corrected chi connectivity index (χ1v) is 5.11. The second kappa shape index (κ2) is 3.86. The van der Waals surface area contributed by atoms with E-state index in [1.165, 1.54) is 0 Å². The molecule has 2 nitrogen and oxygen atoms in total. The molecule has 0 bridgehead atoms. The smallest absolute Gasteiger partial charge is 0.149 e. The van der Waals surface area contributed by atoms with Crippen LogP contribution in [-0.4, -0.2) is 4.98 Å². The van der Waals surface area contributed by atoms with Crippen LogP contribution < -0.4 is 0 Å². The number of hydrogen-bond donors (Lipinski definition) is 0. The Kier molecular flexibility index (Phi) is 2.70. The van der Waals surface area contributed by atoms with Crippen molar-refractivity contribution >= 4 is 45.7 Å². The second-order valence-corrected chi connectivity index (χ2v) is 4.04. The third-order valence-electron chi connectivity index (χ3n) is 1.95. The minimum atomic E-state index is 0.109. The zero-order chi connectivity index (χ0) is 11.0. The van der Waals surface area contributed by atoms with Gasteiger partial charge < -0.3 is 0 Å². The van der Waals surface area contributed by atoms with Gasteiger partial charge in [0.2, 0.25) is 0 Å². The minimum Gasteiger partial charge on any atom is -0.235 e. The molecule has 2 rings (SSSR count). The van der Waals surface area contributed by atoms with Crippen molar-refractivity contribution in [3.8, 4) is 6.07 Å². The van der Waals surface area contributed by atoms with Crippen molar-refractivity contribution < 1.29 is 0 Å². The maximum Gasteiger partial charge on any atom is 0.149 e. The van der Waals surface area contributed by atoms with Gasteiger partial charge in [-0.25, -0.2) is 4.98 Å². The van der Waals surface area contributed by atoms with Crippen LogP contribution in [0.5, 0.6) is 0 Å². The molecule has 0 saturated carbocycles. The molecule has 2 aromatic rings. The fraction of sp³-hybridized carbons (Fsp3) is 0. The van der Waals surface area contributed by atoms with Gasteiger partial charge in [-0.2, -0.15) is 5.26 Å². The quantitative estimate of drug-likeness (QED) is 0.667. The first kappa shape index (κ1) is 10.5. The summed E-state index contributed by atoms with van der Waals surface area (Å²) in [4.78, 5) is 4.05. The molecule has 1 aromatic carbocycles. The predicted molar refractivity (Wildman–Crippen MR) is 61.5 cm³/mol. The van der Waals surface area contributed by atoms with E-state index >= 15 is 0 Å². The minimum absolute atomic E-state index is 0.109. The first-order valence-electron chi connectivity index (χ1n) is 3.98. The van der Waals surface area contributed by atoms with Crippen molar-refractivity contribution in [2.75, 3.05) is 0 Å². The molecular formula is C10H3Cl3N2. The van der Waals surface area contributed by atoms with Crippen LogP contribution in [0.4, 0.5) is 0 Å². The molecule has 0 N–H and O–H groups in total. The molecule has 1 aromatic heterocycles. The van der Waals surface area contributed by atoms with E-state index in [0.717, 1.165) is 0 Å². The standard InChI is InChI=1S/C10H3Cl3N2/c11-5-1-2-8-6(3-5)9(12)7(4-14)10(13)15-8/h1-3H. The van der Waals surface area contributed by atoms with Crippen LogP contribution in [0.2, 0.25) is 15.2 Å². The van der Waals surface area contributed by atoms with Gasteiger partial charge in [0, 0.05) is 10.4 Å². The lowest BCUT2D eigenvalue weighted by molar-refractivity contribution is 1.37. The van der Waals surface area contributed by atoms with E-state index in [2.05, 4.69) is 4.98 Å². The lowest BCUT2D eigenvalue weighted by Crippen LogP contribution is -1.88. The highest BCUT2D eigenvalue weighted by Crippen LogP contribution is 2.31. The van der Waals surface area contributed by atoms with Gasteiger partial charge in [-0.15, -0.1) is 0 Å². The fourth-order valence-corrected chi connectivity index (χ4v) is 2.00. The summed E-state index contributed by atoms with van der Waals surface area (Å²) in [7, 11) is 0. The van der Waals surface area contributed by atoms with Gasteiger partial charge in [-0.3, -0.25) is 0 Å². The zero-order valence-electron chi connectivity index (χ0n) is 7.26. The van der Waals surface area contributed by atoms with Crippen LogP contribution >= 0.6 is 34.8 Å². The molecule has 0 spiro atoms. The fourth-order valence-electron chi connectivity index (χ4n) is 1.26. The Morgan fingerprint density at radius 3 is 2.60 bits per heavy atom. The van der Waals surface area contributed by atoms with Crippen molar-refractivity contribution in [3.05, 3.63) is 39.0 Å². The first-order chi connectivity index (χ1) is 7.13. The van der Waals surface area contributed by atoms with Crippen molar-refractivity contribution in [2.45, 2.75) is 0 Å². The number of pyridine rings is 1. The molecular weight excluding hydrogens is 254 g/mol. The molecule has 0 aliphatic rings. The van der Waals surface area contributed by atoms with Crippen molar-refractivity contribution in [2.24, 2.45) is 0 Å². The van der Waals surface area contributed by atoms with Gasteiger partial charge in [0.15, 0.2) is 0 Å². The van der Waals surface area contributed by atoms with Crippen LogP contribution in [0, 0.1) is 11.3 Å². The molecule has 0 amide bonds. The lowest BCUT2D eigenvalue weighted by atomic mass is 10.2. The summed E-state index contributed by atoms with van der Waals surface area (Å²) in [5.74, 6) is 0. The Morgan fingerprint density at radius 1 is 1.20 bits per heavy atom. The number of benzene rings is 1. The number of fused-ring (bicyclic) bond motifs is 1. The molecule has 0 aliphatic carbocycles. The second-order valence-electron chi connectivity index (χ2n) is 2.86. The maximum atomic E-state index is 8.84. The molecule has 5 heteroatoms. The largest absolute Gasteiger partial charge is 0.235 e. The summed E-state index contributed by atoms with van der Waals surface area (Å²) in [5, 5.41) is 10.4. The predicted octanol–water partition coefficient (Wildman–Crippen LogP) is 4.07. The molecule has 74 valence electrons. The zero-order valence-corrected chi connectivity index (χ0v) is 9.53. The maximum absolute atomic E-state index is 8.84. The van der Waals surface area contributed by atoms with Gasteiger partial charge in [0.1, 0.15) is 16.8 Å². The lowest BCUT2D eigenvalue weighted by Gasteiger charge is -2.03. The van der Waals surface area contributed by atoms with Gasteiger partial charge in [0.25, 0.3) is 0 Å². The van der Waals surface area contributed by atoms with Crippen LogP contribution in [0.25, 0.3) is 10.9 Å². The van der Waals surface area contributed by atoms with E-state index in [-0.39, 0.29) is 15.7 Å². The molecule has 0 aliphatic heterocycles. The molecule has 0 fully saturated rings. The van der Waals surface area contributed by atoms with Gasteiger partial charge in [0.05, 0.1) is 10.5 Å². The van der Waals surface area contributed by atoms with Crippen LogP contribution in [0.3, 0.4) is 0 Å². The van der Waals surface area contributed by atoms with E-state index in [0.29, 0.717) is 15.9 Å². The van der Waals surface area contributed by atoms with E-state index in [1.54, 1.807) is 18.2 Å². The molecule has 0 unspecified atom stereocenters. The van der Waals surface area contributed by atoms with Crippen molar-refractivity contribution in [1.82, 2.24) is 4.98 Å². The van der Waals surface area contributed by atoms with Crippen molar-refractivity contribution in [1.29, 1.82) is 5.26 Å². The van der Waals surface area contributed by atoms with Crippen LogP contribution in [-0.2, 0) is 0 Å². The molecule has 1 heterocycles. The van der Waals surface area contributed by atoms with Gasteiger partial charge >= 0.3 is 0 Å². The molecule has 0 radical (unpaired) electrons. The highest BCUT2D eigenvalue weighted by atomic mass is 35.5. The topological polar surface area (TPSA) is 36.7 Å². The molecule has 15 heavy (non-hydrogen) atoms. The van der Waals surface area contributed by atoms with E-state index < -0.39 is 0 Å². The normalized spacial score (nSPS) is 10.3. The molecule has 0 saturated heterocycles. The summed E-state index contributed by atoms with van der Waals surface area (Å²) < 4.78 is 0. The highest BCUT2D eigenvalue weighted by molar-refractivity contribution is 6.40. The summed E-state index contributed by atoms with van der Waals surface area (Å²) in [6.45, 7) is 0. The number of aromatic nitrogens is 1. The third kappa shape index (κ3) is 1.74. The van der Waals surface area contributed by atoms with E-state index in [9.17, 15) is 0 Å². The Hall–Kier alpha value is -1.01. The Morgan fingerprint density at radius 2 is 1.93 bits per heavy atom. The summed E-state index contributed by atoms with van der Waals surface area (Å²) >= 11 is 17.6. The Labute approximate surface area is 101 Å². The van der Waals surface area contributed by atoms with Gasteiger partial charge in [-0.1, -0.05) is 34.8 Å². The third-order valence-corrected chi connectivity index (χ3v) is 2.85. The monoisotopic (exact) mass is 256 g/mol. The van der Waals surface area contributed by atoms with Crippen LogP contribution in [0.15, 0.2) is 18.2 Å². The number of nitrogens with zero attached hydrogens (tertiary/aromatic N) is 2. The van der Waals surface area contributed by atoms with E-state index in [4.69, 9.17) is 40.1 Å². The van der Waals surface area contributed by atoms with E-state index in [1.807, 2.05) is 6.07 Å². The molecule has 0 atom stereocenters. The Bertz CT molecular complexity index is 587. The van der Waals surface area contributed by atoms with Crippen LogP contribution in [0.1, 0.15) is 5.56 Å². The Balaban J connectivity index is 2.94. The number of halogens is 3. The number of hydrogen-bond acceptors (Lipinski definition) is 2. The number of nitriles is 1. The van der Waals surface area contributed by atoms with Crippen molar-refractivity contribution in [3.63, 3.8) is 0 Å². The average Bonchev–Trinajstić information content (AvgIpc) is 2.20. The SMILES string of the molecule is N#Cc1c(Cl)nc2ccc(Cl)cc2c1Cl. The average molecular weight is 258 g/mol. The summed E-state index contributed by atoms with van der Waals surface area (Å²) in [6, 6.07) is 6.96.